The number of nitrogens with zero attached hydrogens (tertiary/aromatic N) is 3. The summed E-state index contributed by atoms with van der Waals surface area (Å²) in [4.78, 5) is 24.1. The minimum Gasteiger partial charge on any atom is -0.383 e. The number of ether oxygens (including phenoxy) is 1. The van der Waals surface area contributed by atoms with Crippen molar-refractivity contribution in [3.8, 4) is 0 Å². The number of halogens is 1. The van der Waals surface area contributed by atoms with Crippen molar-refractivity contribution in [1.29, 1.82) is 0 Å². The van der Waals surface area contributed by atoms with Gasteiger partial charge in [-0.1, -0.05) is 29.8 Å². The third kappa shape index (κ3) is 5.96. The van der Waals surface area contributed by atoms with Crippen molar-refractivity contribution in [2.45, 2.75) is 57.8 Å². The molecular formula is C31H38ClN5O2. The number of rotatable bonds is 9. The highest BCUT2D eigenvalue weighted by Gasteiger charge is 2.39. The number of aromatic nitrogens is 2. The summed E-state index contributed by atoms with van der Waals surface area (Å²) in [6.45, 7) is 10.2. The maximum Gasteiger partial charge on any atom is 0.234 e. The molecular weight excluding hydrogens is 510 g/mol. The number of aryl methyl sites for hydroxylation is 3. The molecule has 7 nitrogen and oxygen atoms in total. The Labute approximate surface area is 236 Å². The fourth-order valence-corrected chi connectivity index (χ4v) is 6.15. The van der Waals surface area contributed by atoms with Gasteiger partial charge in [-0.15, -0.1) is 0 Å². The van der Waals surface area contributed by atoms with Gasteiger partial charge < -0.3 is 20.3 Å². The topological polar surface area (TPSA) is 79.4 Å². The molecule has 1 aromatic heterocycles. The quantitative estimate of drug-likeness (QED) is 0.341. The van der Waals surface area contributed by atoms with Crippen LogP contribution in [-0.4, -0.2) is 54.1 Å². The molecule has 0 saturated carbocycles. The Balaban J connectivity index is 1.25. The third-order valence-electron chi connectivity index (χ3n) is 8.20. The number of nitrogens with one attached hydrogen (secondary N) is 2. The van der Waals surface area contributed by atoms with Gasteiger partial charge >= 0.3 is 0 Å². The molecule has 0 spiro atoms. The highest BCUT2D eigenvalue weighted by molar-refractivity contribution is 6.31. The normalized spacial score (nSPS) is 17.2. The van der Waals surface area contributed by atoms with E-state index < -0.39 is 5.41 Å². The summed E-state index contributed by atoms with van der Waals surface area (Å²) in [7, 11) is 1.76. The summed E-state index contributed by atoms with van der Waals surface area (Å²) in [5, 5.41) is 6.93. The number of fused-ring (bicyclic) bond motifs is 1. The molecule has 2 aliphatic rings. The summed E-state index contributed by atoms with van der Waals surface area (Å²) >= 11 is 6.50. The van der Waals surface area contributed by atoms with Crippen molar-refractivity contribution in [1.82, 2.24) is 14.9 Å². The van der Waals surface area contributed by atoms with Gasteiger partial charge in [0.25, 0.3) is 0 Å². The van der Waals surface area contributed by atoms with E-state index in [0.717, 1.165) is 60.9 Å². The van der Waals surface area contributed by atoms with Crippen LogP contribution in [0, 0.1) is 6.92 Å². The fourth-order valence-electron chi connectivity index (χ4n) is 5.96. The molecule has 1 saturated heterocycles. The zero-order chi connectivity index (χ0) is 27.6. The zero-order valence-electron chi connectivity index (χ0n) is 23.3. The molecule has 0 unspecified atom stereocenters. The van der Waals surface area contributed by atoms with Crippen molar-refractivity contribution in [2.75, 3.05) is 44.0 Å². The van der Waals surface area contributed by atoms with E-state index in [0.29, 0.717) is 23.3 Å². The van der Waals surface area contributed by atoms with Crippen molar-refractivity contribution in [3.63, 3.8) is 0 Å². The number of amides is 1. The van der Waals surface area contributed by atoms with Gasteiger partial charge in [-0.05, 0) is 106 Å². The molecule has 0 atom stereocenters. The number of hydrogen-bond acceptors (Lipinski definition) is 6. The lowest BCUT2D eigenvalue weighted by Crippen LogP contribution is -2.35. The molecule has 2 aliphatic heterocycles. The van der Waals surface area contributed by atoms with E-state index in [1.54, 1.807) is 13.3 Å². The highest BCUT2D eigenvalue weighted by atomic mass is 35.5. The molecule has 3 heterocycles. The van der Waals surface area contributed by atoms with Crippen LogP contribution >= 0.6 is 11.6 Å². The molecule has 8 heteroatoms. The molecule has 0 bridgehead atoms. The second-order valence-electron chi connectivity index (χ2n) is 11.2. The van der Waals surface area contributed by atoms with Gasteiger partial charge in [-0.2, -0.15) is 0 Å². The van der Waals surface area contributed by atoms with Gasteiger partial charge in [0.15, 0.2) is 0 Å². The maximum absolute atomic E-state index is 12.5. The Morgan fingerprint density at radius 1 is 1.18 bits per heavy atom. The number of anilines is 3. The Bertz CT molecular complexity index is 1350. The SMILES string of the molecule is COCCN1CCC(c2ccc(Nc3ncc(Cl)c(CCc4cccc5c4C(C)(C)C(=O)N5)n3)cc2C)CC1. The van der Waals surface area contributed by atoms with Crippen LogP contribution in [0.4, 0.5) is 17.3 Å². The average molecular weight is 548 g/mol. The lowest BCUT2D eigenvalue weighted by Gasteiger charge is -2.32. The molecule has 3 aromatic rings. The van der Waals surface area contributed by atoms with E-state index in [9.17, 15) is 4.79 Å². The first-order chi connectivity index (χ1) is 18.8. The predicted octanol–water partition coefficient (Wildman–Crippen LogP) is 6.02. The Hall–Kier alpha value is -3.00. The number of benzene rings is 2. The number of methoxy groups -OCH3 is 1. The summed E-state index contributed by atoms with van der Waals surface area (Å²) in [6, 6.07) is 12.6. The molecule has 1 amide bonds. The van der Waals surface area contributed by atoms with Crippen LogP contribution in [0.15, 0.2) is 42.6 Å². The first-order valence-corrected chi connectivity index (χ1v) is 14.2. The van der Waals surface area contributed by atoms with Crippen LogP contribution < -0.4 is 10.6 Å². The third-order valence-corrected chi connectivity index (χ3v) is 8.52. The van der Waals surface area contributed by atoms with E-state index >= 15 is 0 Å². The van der Waals surface area contributed by atoms with Crippen molar-refractivity contribution in [2.24, 2.45) is 0 Å². The lowest BCUT2D eigenvalue weighted by molar-refractivity contribution is -0.119. The molecule has 39 heavy (non-hydrogen) atoms. The number of carbonyl (C=O) groups excluding carboxylic acids is 1. The van der Waals surface area contributed by atoms with E-state index in [1.807, 2.05) is 26.0 Å². The molecule has 0 radical (unpaired) electrons. The molecule has 0 aliphatic carbocycles. The maximum atomic E-state index is 12.5. The molecule has 2 aromatic carbocycles. The van der Waals surface area contributed by atoms with Gasteiger partial charge in [0.05, 0.1) is 28.9 Å². The van der Waals surface area contributed by atoms with Gasteiger partial charge in [0.1, 0.15) is 0 Å². The fraction of sp³-hybridized carbons (Fsp3) is 0.452. The monoisotopic (exact) mass is 547 g/mol. The van der Waals surface area contributed by atoms with E-state index in [-0.39, 0.29) is 5.91 Å². The first-order valence-electron chi connectivity index (χ1n) is 13.8. The van der Waals surface area contributed by atoms with Gasteiger partial charge in [-0.25, -0.2) is 9.97 Å². The summed E-state index contributed by atoms with van der Waals surface area (Å²) in [5.41, 5.74) is 7.01. The molecule has 1 fully saturated rings. The van der Waals surface area contributed by atoms with Gasteiger partial charge in [0, 0.05) is 25.0 Å². The second-order valence-corrected chi connectivity index (χ2v) is 11.6. The number of likely N-dealkylation sites (tertiary alicyclic amines) is 1. The zero-order valence-corrected chi connectivity index (χ0v) is 24.1. The number of hydrogen-bond donors (Lipinski definition) is 2. The van der Waals surface area contributed by atoms with Crippen LogP contribution in [0.2, 0.25) is 5.02 Å². The van der Waals surface area contributed by atoms with E-state index in [2.05, 4.69) is 51.7 Å². The van der Waals surface area contributed by atoms with Gasteiger partial charge in [-0.3, -0.25) is 4.79 Å². The van der Waals surface area contributed by atoms with E-state index in [1.165, 1.54) is 24.0 Å². The number of carbonyl (C=O) groups is 1. The van der Waals surface area contributed by atoms with Gasteiger partial charge in [0.2, 0.25) is 11.9 Å². The molecule has 5 rings (SSSR count). The Morgan fingerprint density at radius 2 is 1.97 bits per heavy atom. The van der Waals surface area contributed by atoms with Crippen molar-refractivity contribution >= 4 is 34.8 Å². The first kappa shape index (κ1) is 27.6. The number of piperidine rings is 1. The highest BCUT2D eigenvalue weighted by Crippen LogP contribution is 2.40. The van der Waals surface area contributed by atoms with Crippen LogP contribution in [-0.2, 0) is 27.8 Å². The minimum atomic E-state index is -0.556. The van der Waals surface area contributed by atoms with E-state index in [4.69, 9.17) is 21.3 Å². The largest absolute Gasteiger partial charge is 0.383 e. The lowest BCUT2D eigenvalue weighted by atomic mass is 9.82. The van der Waals surface area contributed by atoms with Crippen molar-refractivity contribution in [3.05, 3.63) is 75.6 Å². The Kier molecular flexibility index (Phi) is 8.21. The minimum absolute atomic E-state index is 0.0327. The molecule has 2 N–H and O–H groups in total. The van der Waals surface area contributed by atoms with Crippen LogP contribution in [0.1, 0.15) is 60.6 Å². The van der Waals surface area contributed by atoms with Crippen molar-refractivity contribution < 1.29 is 9.53 Å². The smallest absolute Gasteiger partial charge is 0.234 e. The summed E-state index contributed by atoms with van der Waals surface area (Å²) < 4.78 is 5.23. The van der Waals surface area contributed by atoms with Crippen LogP contribution in [0.3, 0.4) is 0 Å². The predicted molar refractivity (Wildman–Crippen MR) is 157 cm³/mol. The average Bonchev–Trinajstić information content (AvgIpc) is 3.16. The van der Waals surface area contributed by atoms with Crippen LogP contribution in [0.5, 0.6) is 0 Å². The summed E-state index contributed by atoms with van der Waals surface area (Å²) in [5.74, 6) is 1.15. The second kappa shape index (κ2) is 11.6. The van der Waals surface area contributed by atoms with Crippen LogP contribution in [0.25, 0.3) is 0 Å². The molecule has 206 valence electrons. The summed E-state index contributed by atoms with van der Waals surface area (Å²) in [6.07, 6.45) is 5.39. The Morgan fingerprint density at radius 3 is 2.72 bits per heavy atom. The standard InChI is InChI=1S/C31H38ClN5O2/c1-20-18-23(9-10-24(20)21-12-14-37(15-13-21)16-17-39-4)34-30-33-19-25(32)26(36-30)11-8-22-6-5-7-27-28(22)31(2,3)29(38)35-27/h5-7,9-10,18-19,21H,8,11-17H2,1-4H3,(H,35,38)(H,33,34,36).